The maximum atomic E-state index is 4.47. The van der Waals surface area contributed by atoms with E-state index in [9.17, 15) is 0 Å². The molecule has 0 bridgehead atoms. The summed E-state index contributed by atoms with van der Waals surface area (Å²) in [5, 5.41) is 10.2. The molecule has 0 saturated carbocycles. The Bertz CT molecular complexity index is 3290. The van der Waals surface area contributed by atoms with Gasteiger partial charge in [0, 0.05) is 50.9 Å². The van der Waals surface area contributed by atoms with E-state index in [1.807, 2.05) is 12.4 Å². The van der Waals surface area contributed by atoms with E-state index < -0.39 is 0 Å². The maximum Gasteiger partial charge on any atom is 0.0547 e. The molecule has 1 aliphatic rings. The van der Waals surface area contributed by atoms with Crippen LogP contribution in [0.3, 0.4) is 0 Å². The lowest BCUT2D eigenvalue weighted by Crippen LogP contribution is -1.95. The Morgan fingerprint density at radius 3 is 1.92 bits per heavy atom. The molecule has 0 aliphatic heterocycles. The van der Waals surface area contributed by atoms with Gasteiger partial charge in [0.05, 0.1) is 22.1 Å². The number of rotatable bonds is 3. The summed E-state index contributed by atoms with van der Waals surface area (Å²) in [6, 6.07) is 60.3. The third kappa shape index (κ3) is 3.72. The summed E-state index contributed by atoms with van der Waals surface area (Å²) in [4.78, 5) is 4.47. The number of aromatic nitrogens is 3. The zero-order chi connectivity index (χ0) is 33.9. The number of fused-ring (bicyclic) bond motifs is 11. The van der Waals surface area contributed by atoms with E-state index >= 15 is 0 Å². The first kappa shape index (κ1) is 27.8. The molecule has 0 fully saturated rings. The van der Waals surface area contributed by atoms with Crippen LogP contribution in [0.25, 0.3) is 110 Å². The third-order valence-electron chi connectivity index (χ3n) is 11.3. The molecule has 52 heavy (non-hydrogen) atoms. The molecule has 0 amide bonds. The van der Waals surface area contributed by atoms with E-state index in [2.05, 4.69) is 178 Å². The quantitative estimate of drug-likeness (QED) is 0.185. The number of para-hydroxylation sites is 2. The van der Waals surface area contributed by atoms with Crippen LogP contribution in [0.1, 0.15) is 0 Å². The van der Waals surface area contributed by atoms with Crippen molar-refractivity contribution in [2.75, 3.05) is 0 Å². The van der Waals surface area contributed by atoms with Crippen molar-refractivity contribution in [1.82, 2.24) is 14.1 Å². The Labute approximate surface area is 299 Å². The topological polar surface area (TPSA) is 22.8 Å². The van der Waals surface area contributed by atoms with Gasteiger partial charge in [-0.05, 0) is 116 Å². The fraction of sp³-hybridized carbons (Fsp3) is 0. The minimum Gasteiger partial charge on any atom is -0.309 e. The molecule has 3 nitrogen and oxygen atoms in total. The van der Waals surface area contributed by atoms with Crippen LogP contribution < -0.4 is 0 Å². The van der Waals surface area contributed by atoms with Crippen molar-refractivity contribution in [1.29, 1.82) is 0 Å². The van der Waals surface area contributed by atoms with Gasteiger partial charge in [-0.3, -0.25) is 4.98 Å². The van der Waals surface area contributed by atoms with Gasteiger partial charge in [0.25, 0.3) is 0 Å². The summed E-state index contributed by atoms with van der Waals surface area (Å²) < 4.78 is 4.85. The smallest absolute Gasteiger partial charge is 0.0547 e. The Kier molecular flexibility index (Phi) is 5.50. The van der Waals surface area contributed by atoms with Crippen LogP contribution in [-0.2, 0) is 0 Å². The predicted octanol–water partition coefficient (Wildman–Crippen LogP) is 12.9. The van der Waals surface area contributed by atoms with Crippen LogP contribution in [0, 0.1) is 0 Å². The number of pyridine rings is 1. The second-order valence-electron chi connectivity index (χ2n) is 14.0. The largest absolute Gasteiger partial charge is 0.309 e. The second-order valence-corrected chi connectivity index (χ2v) is 14.0. The normalized spacial score (nSPS) is 12.2. The Hall–Kier alpha value is -6.97. The highest BCUT2D eigenvalue weighted by molar-refractivity contribution is 6.22. The summed E-state index contributed by atoms with van der Waals surface area (Å²) in [5.74, 6) is 0. The summed E-state index contributed by atoms with van der Waals surface area (Å²) in [6.45, 7) is 0. The highest BCUT2D eigenvalue weighted by atomic mass is 15.0. The molecule has 0 saturated heterocycles. The number of hydrogen-bond donors (Lipinski definition) is 0. The first-order chi connectivity index (χ1) is 25.8. The Morgan fingerprint density at radius 2 is 1.04 bits per heavy atom. The molecule has 3 heterocycles. The van der Waals surface area contributed by atoms with Crippen LogP contribution in [0.15, 0.2) is 176 Å². The fourth-order valence-electron chi connectivity index (χ4n) is 9.08. The summed E-state index contributed by atoms with van der Waals surface area (Å²) in [6.07, 6.45) is 3.91. The van der Waals surface area contributed by atoms with Gasteiger partial charge in [0.15, 0.2) is 0 Å². The number of benzene rings is 8. The van der Waals surface area contributed by atoms with Crippen molar-refractivity contribution in [2.45, 2.75) is 0 Å². The van der Waals surface area contributed by atoms with E-state index in [-0.39, 0.29) is 0 Å². The van der Waals surface area contributed by atoms with Crippen molar-refractivity contribution in [3.05, 3.63) is 176 Å². The summed E-state index contributed by atoms with van der Waals surface area (Å²) >= 11 is 0. The lowest BCUT2D eigenvalue weighted by atomic mass is 9.99. The van der Waals surface area contributed by atoms with Crippen molar-refractivity contribution in [3.63, 3.8) is 0 Å². The van der Waals surface area contributed by atoms with Gasteiger partial charge in [0.1, 0.15) is 0 Å². The van der Waals surface area contributed by atoms with Gasteiger partial charge in [-0.1, -0.05) is 97.1 Å². The van der Waals surface area contributed by atoms with Gasteiger partial charge >= 0.3 is 0 Å². The van der Waals surface area contributed by atoms with E-state index in [0.29, 0.717) is 0 Å². The van der Waals surface area contributed by atoms with Crippen LogP contribution in [0.2, 0.25) is 0 Å². The molecule has 0 atom stereocenters. The van der Waals surface area contributed by atoms with E-state index in [4.69, 9.17) is 0 Å². The zero-order valence-corrected chi connectivity index (χ0v) is 28.1. The highest BCUT2D eigenvalue weighted by Gasteiger charge is 2.23. The average Bonchev–Trinajstić information content (AvgIpc) is 3.84. The van der Waals surface area contributed by atoms with Crippen molar-refractivity contribution >= 4 is 65.2 Å². The lowest BCUT2D eigenvalue weighted by Gasteiger charge is -2.12. The van der Waals surface area contributed by atoms with Crippen molar-refractivity contribution in [3.8, 4) is 44.8 Å². The molecule has 1 aliphatic carbocycles. The molecule has 12 rings (SSSR count). The standard InChI is InChI=1S/C49H29N3/c1-2-11-34(12-3-1)51-46-21-19-32(27-42(46)49-36-13-5-4-9-30(36)17-22-47(49)51)31-18-20-45-40(26-31)38-14-6-7-16-44(38)52(45)35-25-33-10-8-15-39-43-29-50-24-23-37(43)41(28-35)48(33)39/h1-29H. The molecule has 0 unspecified atom stereocenters. The van der Waals surface area contributed by atoms with Crippen molar-refractivity contribution in [2.24, 2.45) is 0 Å². The molecule has 0 N–H and O–H groups in total. The highest BCUT2D eigenvalue weighted by Crippen LogP contribution is 2.48. The molecular formula is C49H29N3. The van der Waals surface area contributed by atoms with Crippen LogP contribution in [0.4, 0.5) is 0 Å². The predicted molar refractivity (Wildman–Crippen MR) is 218 cm³/mol. The van der Waals surface area contributed by atoms with Gasteiger partial charge < -0.3 is 9.13 Å². The fourth-order valence-corrected chi connectivity index (χ4v) is 9.08. The minimum absolute atomic E-state index is 1.17. The van der Waals surface area contributed by atoms with Gasteiger partial charge in [0.2, 0.25) is 0 Å². The van der Waals surface area contributed by atoms with Gasteiger partial charge in [-0.2, -0.15) is 0 Å². The lowest BCUT2D eigenvalue weighted by molar-refractivity contribution is 1.18. The summed E-state index contributed by atoms with van der Waals surface area (Å²) in [7, 11) is 0. The summed E-state index contributed by atoms with van der Waals surface area (Å²) in [5.41, 5.74) is 14.6. The van der Waals surface area contributed by atoms with Crippen molar-refractivity contribution < 1.29 is 0 Å². The van der Waals surface area contributed by atoms with Crippen LogP contribution in [0.5, 0.6) is 0 Å². The Morgan fingerprint density at radius 1 is 0.346 bits per heavy atom. The van der Waals surface area contributed by atoms with E-state index in [1.54, 1.807) is 0 Å². The number of nitrogens with zero attached hydrogens (tertiary/aromatic N) is 3. The molecule has 11 aromatic rings. The van der Waals surface area contributed by atoms with Crippen LogP contribution >= 0.6 is 0 Å². The molecular weight excluding hydrogens is 631 g/mol. The zero-order valence-electron chi connectivity index (χ0n) is 28.1. The molecule has 0 spiro atoms. The molecule has 240 valence electrons. The Balaban J connectivity index is 1.09. The van der Waals surface area contributed by atoms with E-state index in [1.165, 1.54) is 110 Å². The van der Waals surface area contributed by atoms with Crippen LogP contribution in [-0.4, -0.2) is 14.1 Å². The van der Waals surface area contributed by atoms with Gasteiger partial charge in [-0.15, -0.1) is 0 Å². The van der Waals surface area contributed by atoms with E-state index in [0.717, 1.165) is 0 Å². The first-order valence-corrected chi connectivity index (χ1v) is 17.9. The molecule has 0 radical (unpaired) electrons. The SMILES string of the molecule is c1ccc(-n2c3ccc(-c4ccc5c(c4)c4ccccc4n5-c4cc5c6c(cccc6c4)-c4cnccc4-5)cc3c3c4ccccc4ccc32)cc1. The molecule has 8 aromatic carbocycles. The average molecular weight is 660 g/mol. The monoisotopic (exact) mass is 659 g/mol. The molecule has 3 heteroatoms. The maximum absolute atomic E-state index is 4.47. The van der Waals surface area contributed by atoms with Gasteiger partial charge in [-0.25, -0.2) is 0 Å². The minimum atomic E-state index is 1.17. The first-order valence-electron chi connectivity index (χ1n) is 17.9. The molecule has 3 aromatic heterocycles. The number of hydrogen-bond acceptors (Lipinski definition) is 1. The second kappa shape index (κ2) is 10.3. The third-order valence-corrected chi connectivity index (χ3v) is 11.3.